The van der Waals surface area contributed by atoms with Gasteiger partial charge in [0.2, 0.25) is 0 Å². The minimum Gasteiger partial charge on any atom is -0.308 e. The molecule has 7 aromatic carbocycles. The molecule has 2 aliphatic rings. The molecule has 0 saturated heterocycles. The van der Waals surface area contributed by atoms with Crippen LogP contribution in [-0.4, -0.2) is 4.57 Å². The van der Waals surface area contributed by atoms with Crippen molar-refractivity contribution in [3.63, 3.8) is 0 Å². The van der Waals surface area contributed by atoms with Gasteiger partial charge in [-0.3, -0.25) is 0 Å². The van der Waals surface area contributed by atoms with E-state index in [-0.39, 0.29) is 10.8 Å². The van der Waals surface area contributed by atoms with E-state index in [1.54, 1.807) is 0 Å². The predicted molar refractivity (Wildman–Crippen MR) is 211 cm³/mol. The minimum absolute atomic E-state index is 0.110. The maximum atomic E-state index is 2.54. The van der Waals surface area contributed by atoms with Gasteiger partial charge < -0.3 is 9.47 Å². The first-order valence-electron chi connectivity index (χ1n) is 17.7. The number of benzene rings is 7. The lowest BCUT2D eigenvalue weighted by atomic mass is 9.82. The number of anilines is 3. The van der Waals surface area contributed by atoms with Crippen molar-refractivity contribution in [2.45, 2.75) is 38.5 Å². The molecule has 2 heteroatoms. The zero-order chi connectivity index (χ0) is 33.8. The summed E-state index contributed by atoms with van der Waals surface area (Å²) in [5, 5.41) is 2.52. The van der Waals surface area contributed by atoms with Gasteiger partial charge >= 0.3 is 0 Å². The molecule has 2 nitrogen and oxygen atoms in total. The van der Waals surface area contributed by atoms with E-state index in [1.807, 2.05) is 0 Å². The molecular weight excluding hydrogens is 605 g/mol. The van der Waals surface area contributed by atoms with Crippen LogP contribution in [0, 0.1) is 0 Å². The van der Waals surface area contributed by atoms with E-state index in [0.717, 1.165) is 17.1 Å². The van der Waals surface area contributed by atoms with Gasteiger partial charge in [0.05, 0.1) is 28.1 Å². The van der Waals surface area contributed by atoms with E-state index in [9.17, 15) is 0 Å². The van der Waals surface area contributed by atoms with Gasteiger partial charge in [-0.05, 0) is 81.4 Å². The summed E-state index contributed by atoms with van der Waals surface area (Å²) in [5.41, 5.74) is 17.6. The molecule has 0 amide bonds. The van der Waals surface area contributed by atoms with E-state index in [1.165, 1.54) is 72.0 Å². The average molecular weight is 643 g/mol. The Labute approximate surface area is 293 Å². The van der Waals surface area contributed by atoms with Crippen molar-refractivity contribution in [3.8, 4) is 27.9 Å². The lowest BCUT2D eigenvalue weighted by molar-refractivity contribution is 0.660. The molecule has 0 bridgehead atoms. The van der Waals surface area contributed by atoms with Gasteiger partial charge in [0.25, 0.3) is 0 Å². The Balaban J connectivity index is 1.30. The van der Waals surface area contributed by atoms with Crippen molar-refractivity contribution in [1.29, 1.82) is 0 Å². The molecule has 8 aromatic rings. The largest absolute Gasteiger partial charge is 0.308 e. The number of hydrogen-bond acceptors (Lipinski definition) is 1. The number of rotatable bonds is 4. The Bertz CT molecular complexity index is 2620. The average Bonchev–Trinajstić information content (AvgIpc) is 3.70. The Morgan fingerprint density at radius 3 is 1.68 bits per heavy atom. The summed E-state index contributed by atoms with van der Waals surface area (Å²) in [6, 6.07) is 58.5. The van der Waals surface area contributed by atoms with Crippen LogP contribution in [0.2, 0.25) is 0 Å². The standard InChI is InChI=1S/C48H38N2/c1-47(2)38-21-10-6-19-36(38)46-39(47)22-15-27-45(46)49(31-28-29-33-32-16-5-9-20-37(32)48(3,4)40(33)30-31)43-25-13-14-26-44(43)50-41-23-11-7-17-34(41)35-18-8-12-24-42(35)50/h5-30H,1-4H3. The summed E-state index contributed by atoms with van der Waals surface area (Å²) >= 11 is 0. The van der Waals surface area contributed by atoms with Crippen LogP contribution in [-0.2, 0) is 10.8 Å². The molecule has 1 aromatic heterocycles. The Morgan fingerprint density at radius 1 is 0.420 bits per heavy atom. The number of fused-ring (bicyclic) bond motifs is 9. The van der Waals surface area contributed by atoms with Crippen molar-refractivity contribution in [3.05, 3.63) is 180 Å². The third-order valence-corrected chi connectivity index (χ3v) is 11.6. The Hall–Kier alpha value is -5.86. The summed E-state index contributed by atoms with van der Waals surface area (Å²) in [7, 11) is 0. The van der Waals surface area contributed by atoms with Gasteiger partial charge in [0.15, 0.2) is 0 Å². The normalized spacial score (nSPS) is 14.7. The first-order chi connectivity index (χ1) is 24.4. The number of para-hydroxylation sites is 4. The number of hydrogen-bond donors (Lipinski definition) is 0. The lowest BCUT2D eigenvalue weighted by Crippen LogP contribution is -2.18. The van der Waals surface area contributed by atoms with Crippen LogP contribution in [0.5, 0.6) is 0 Å². The van der Waals surface area contributed by atoms with Gasteiger partial charge in [0, 0.05) is 32.9 Å². The Kier molecular flexibility index (Phi) is 6.01. The van der Waals surface area contributed by atoms with Crippen LogP contribution in [0.3, 0.4) is 0 Å². The maximum Gasteiger partial charge on any atom is 0.0702 e. The van der Waals surface area contributed by atoms with Crippen molar-refractivity contribution in [2.24, 2.45) is 0 Å². The summed E-state index contributed by atoms with van der Waals surface area (Å²) in [6.45, 7) is 9.48. The summed E-state index contributed by atoms with van der Waals surface area (Å²) in [5.74, 6) is 0. The zero-order valence-electron chi connectivity index (χ0n) is 28.9. The molecule has 50 heavy (non-hydrogen) atoms. The Morgan fingerprint density at radius 2 is 0.940 bits per heavy atom. The van der Waals surface area contributed by atoms with Crippen molar-refractivity contribution in [2.75, 3.05) is 4.90 Å². The van der Waals surface area contributed by atoms with Crippen LogP contribution >= 0.6 is 0 Å². The third kappa shape index (κ3) is 3.85. The predicted octanol–water partition coefficient (Wildman–Crippen LogP) is 12.9. The van der Waals surface area contributed by atoms with Gasteiger partial charge in [-0.2, -0.15) is 0 Å². The van der Waals surface area contributed by atoms with Crippen LogP contribution in [0.4, 0.5) is 17.1 Å². The zero-order valence-corrected chi connectivity index (χ0v) is 28.9. The summed E-state index contributed by atoms with van der Waals surface area (Å²) in [4.78, 5) is 2.54. The highest BCUT2D eigenvalue weighted by Crippen LogP contribution is 2.56. The van der Waals surface area contributed by atoms with Gasteiger partial charge in [0.1, 0.15) is 0 Å². The van der Waals surface area contributed by atoms with E-state index in [0.29, 0.717) is 0 Å². The van der Waals surface area contributed by atoms with Crippen LogP contribution in [0.15, 0.2) is 158 Å². The van der Waals surface area contributed by atoms with Crippen molar-refractivity contribution < 1.29 is 0 Å². The fourth-order valence-electron chi connectivity index (χ4n) is 9.19. The molecule has 1 heterocycles. The highest BCUT2D eigenvalue weighted by Gasteiger charge is 2.39. The molecule has 240 valence electrons. The molecule has 0 saturated carbocycles. The molecule has 0 atom stereocenters. The van der Waals surface area contributed by atoms with Crippen LogP contribution < -0.4 is 4.90 Å². The number of aromatic nitrogens is 1. The van der Waals surface area contributed by atoms with Gasteiger partial charge in [-0.1, -0.05) is 143 Å². The lowest BCUT2D eigenvalue weighted by Gasteiger charge is -2.32. The smallest absolute Gasteiger partial charge is 0.0702 e. The van der Waals surface area contributed by atoms with Crippen molar-refractivity contribution in [1.82, 2.24) is 4.57 Å². The SMILES string of the molecule is CC1(C)c2ccccc2-c2ccc(N(c3ccccc3-n3c4ccccc4c4ccccc43)c3cccc4c3-c3ccccc3C4(C)C)cc21. The second kappa shape index (κ2) is 10.3. The molecule has 0 fully saturated rings. The molecule has 0 spiro atoms. The second-order valence-electron chi connectivity index (χ2n) is 15.0. The summed E-state index contributed by atoms with van der Waals surface area (Å²) in [6.07, 6.45) is 0. The maximum absolute atomic E-state index is 2.54. The van der Waals surface area contributed by atoms with E-state index in [4.69, 9.17) is 0 Å². The molecule has 0 N–H and O–H groups in total. The van der Waals surface area contributed by atoms with E-state index in [2.05, 4.69) is 195 Å². The highest BCUT2D eigenvalue weighted by atomic mass is 15.2. The molecule has 0 aliphatic heterocycles. The third-order valence-electron chi connectivity index (χ3n) is 11.6. The fraction of sp³-hybridized carbons (Fsp3) is 0.125. The molecule has 0 radical (unpaired) electrons. The first-order valence-corrected chi connectivity index (χ1v) is 17.7. The van der Waals surface area contributed by atoms with Gasteiger partial charge in [-0.25, -0.2) is 0 Å². The van der Waals surface area contributed by atoms with E-state index >= 15 is 0 Å². The summed E-state index contributed by atoms with van der Waals surface area (Å²) < 4.78 is 2.46. The monoisotopic (exact) mass is 642 g/mol. The second-order valence-corrected chi connectivity index (χ2v) is 15.0. The molecule has 0 unspecified atom stereocenters. The minimum atomic E-state index is -0.118. The number of nitrogens with zero attached hydrogens (tertiary/aromatic N) is 2. The van der Waals surface area contributed by atoms with Crippen molar-refractivity contribution >= 4 is 38.9 Å². The van der Waals surface area contributed by atoms with Crippen LogP contribution in [0.25, 0.3) is 49.7 Å². The highest BCUT2D eigenvalue weighted by molar-refractivity contribution is 6.10. The van der Waals surface area contributed by atoms with Crippen LogP contribution in [0.1, 0.15) is 49.9 Å². The molecule has 2 aliphatic carbocycles. The van der Waals surface area contributed by atoms with Gasteiger partial charge in [-0.15, -0.1) is 0 Å². The first kappa shape index (κ1) is 29.1. The molecular formula is C48H38N2. The fourth-order valence-corrected chi connectivity index (χ4v) is 9.19. The topological polar surface area (TPSA) is 8.17 Å². The quantitative estimate of drug-likeness (QED) is 0.185. The molecule has 10 rings (SSSR count). The van der Waals surface area contributed by atoms with E-state index < -0.39 is 0 Å².